The molecule has 1 rings (SSSR count). The number of nitro benzene ring substituents is 1. The second kappa shape index (κ2) is 5.29. The van der Waals surface area contributed by atoms with E-state index in [0.29, 0.717) is 11.1 Å². The van der Waals surface area contributed by atoms with Crippen molar-refractivity contribution in [3.8, 4) is 0 Å². The Labute approximate surface area is 98.3 Å². The van der Waals surface area contributed by atoms with E-state index < -0.39 is 17.1 Å². The fourth-order valence-electron chi connectivity index (χ4n) is 1.41. The summed E-state index contributed by atoms with van der Waals surface area (Å²) in [6.45, 7) is 1.65. The quantitative estimate of drug-likeness (QED) is 0.422. The first-order valence-corrected chi connectivity index (χ1v) is 5.32. The first-order chi connectivity index (χ1) is 7.47. The van der Waals surface area contributed by atoms with Crippen molar-refractivity contribution in [1.82, 2.24) is 0 Å². The number of thiol groups is 1. The Morgan fingerprint density at radius 3 is 2.56 bits per heavy atom. The van der Waals surface area contributed by atoms with Crippen LogP contribution in [0, 0.1) is 17.0 Å². The fourth-order valence-corrected chi connectivity index (χ4v) is 1.61. The van der Waals surface area contributed by atoms with Gasteiger partial charge in [0.1, 0.15) is 6.10 Å². The molecule has 0 aliphatic heterocycles. The van der Waals surface area contributed by atoms with Crippen LogP contribution in [-0.2, 0) is 0 Å². The van der Waals surface area contributed by atoms with E-state index in [1.807, 2.05) is 0 Å². The van der Waals surface area contributed by atoms with Gasteiger partial charge in [0.2, 0.25) is 0 Å². The summed E-state index contributed by atoms with van der Waals surface area (Å²) in [6.07, 6.45) is -2.05. The minimum absolute atomic E-state index is 0.0335. The monoisotopic (exact) mass is 243 g/mol. The molecule has 2 unspecified atom stereocenters. The summed E-state index contributed by atoms with van der Waals surface area (Å²) >= 11 is 3.87. The SMILES string of the molecule is Cc1cc([N+](=O)[O-])ccc1C(O)C(O)CS. The number of nitrogens with zero attached hydrogens (tertiary/aromatic N) is 1. The molecule has 0 aliphatic carbocycles. The maximum absolute atomic E-state index is 10.5. The van der Waals surface area contributed by atoms with Gasteiger partial charge < -0.3 is 10.2 Å². The number of aryl methyl sites for hydroxylation is 1. The van der Waals surface area contributed by atoms with Gasteiger partial charge in [0.05, 0.1) is 11.0 Å². The molecule has 16 heavy (non-hydrogen) atoms. The molecule has 0 saturated carbocycles. The molecule has 0 amide bonds. The molecular formula is C10H13NO4S. The summed E-state index contributed by atoms with van der Waals surface area (Å²) in [5.41, 5.74) is 1.02. The zero-order chi connectivity index (χ0) is 12.3. The lowest BCUT2D eigenvalue weighted by atomic mass is 9.99. The van der Waals surface area contributed by atoms with E-state index in [2.05, 4.69) is 12.6 Å². The van der Waals surface area contributed by atoms with Crippen molar-refractivity contribution in [1.29, 1.82) is 0 Å². The van der Waals surface area contributed by atoms with Gasteiger partial charge >= 0.3 is 0 Å². The van der Waals surface area contributed by atoms with Crippen molar-refractivity contribution in [2.75, 3.05) is 5.75 Å². The van der Waals surface area contributed by atoms with Crippen molar-refractivity contribution in [2.24, 2.45) is 0 Å². The van der Waals surface area contributed by atoms with Gasteiger partial charge in [-0.15, -0.1) is 0 Å². The predicted molar refractivity (Wildman–Crippen MR) is 62.7 cm³/mol. The number of nitro groups is 1. The summed E-state index contributed by atoms with van der Waals surface area (Å²) in [5, 5.41) is 29.7. The predicted octanol–water partition coefficient (Wildman–Crippen LogP) is 1.23. The molecule has 0 aliphatic rings. The van der Waals surface area contributed by atoms with Crippen LogP contribution >= 0.6 is 12.6 Å². The van der Waals surface area contributed by atoms with Gasteiger partial charge in [-0.25, -0.2) is 0 Å². The van der Waals surface area contributed by atoms with E-state index >= 15 is 0 Å². The van der Waals surface area contributed by atoms with Crippen LogP contribution in [0.25, 0.3) is 0 Å². The average Bonchev–Trinajstić information content (AvgIpc) is 2.26. The molecule has 1 aromatic rings. The standard InChI is InChI=1S/C10H13NO4S/c1-6-4-7(11(14)15)2-3-8(6)10(13)9(12)5-16/h2-4,9-10,12-13,16H,5H2,1H3. The van der Waals surface area contributed by atoms with Crippen molar-refractivity contribution in [3.63, 3.8) is 0 Å². The minimum Gasteiger partial charge on any atom is -0.389 e. The van der Waals surface area contributed by atoms with E-state index in [1.165, 1.54) is 18.2 Å². The highest BCUT2D eigenvalue weighted by Gasteiger charge is 2.20. The van der Waals surface area contributed by atoms with Crippen molar-refractivity contribution in [3.05, 3.63) is 39.4 Å². The highest BCUT2D eigenvalue weighted by molar-refractivity contribution is 7.80. The average molecular weight is 243 g/mol. The number of aliphatic hydroxyl groups excluding tert-OH is 2. The molecule has 0 bridgehead atoms. The van der Waals surface area contributed by atoms with Crippen LogP contribution in [0.15, 0.2) is 18.2 Å². The van der Waals surface area contributed by atoms with Gasteiger partial charge in [0.15, 0.2) is 0 Å². The topological polar surface area (TPSA) is 83.6 Å². The molecule has 2 atom stereocenters. The largest absolute Gasteiger partial charge is 0.389 e. The number of aliphatic hydroxyl groups is 2. The third kappa shape index (κ3) is 2.72. The fraction of sp³-hybridized carbons (Fsp3) is 0.400. The first-order valence-electron chi connectivity index (χ1n) is 4.69. The highest BCUT2D eigenvalue weighted by atomic mass is 32.1. The van der Waals surface area contributed by atoms with Crippen LogP contribution in [0.4, 0.5) is 5.69 Å². The Hall–Kier alpha value is -1.11. The number of benzene rings is 1. The van der Waals surface area contributed by atoms with Gasteiger partial charge in [-0.05, 0) is 24.1 Å². The number of hydrogen-bond donors (Lipinski definition) is 3. The minimum atomic E-state index is -1.07. The zero-order valence-electron chi connectivity index (χ0n) is 8.70. The molecule has 0 heterocycles. The van der Waals surface area contributed by atoms with Crippen molar-refractivity contribution >= 4 is 18.3 Å². The van der Waals surface area contributed by atoms with E-state index in [9.17, 15) is 20.3 Å². The molecule has 6 heteroatoms. The molecule has 0 radical (unpaired) electrons. The molecule has 0 saturated heterocycles. The molecule has 1 aromatic carbocycles. The van der Waals surface area contributed by atoms with Crippen LogP contribution < -0.4 is 0 Å². The highest BCUT2D eigenvalue weighted by Crippen LogP contribution is 2.24. The molecule has 0 fully saturated rings. The van der Waals surface area contributed by atoms with Crippen molar-refractivity contribution in [2.45, 2.75) is 19.1 Å². The molecule has 2 N–H and O–H groups in total. The van der Waals surface area contributed by atoms with Gasteiger partial charge in [0.25, 0.3) is 5.69 Å². The van der Waals surface area contributed by atoms with Crippen LogP contribution in [-0.4, -0.2) is 27.0 Å². The maximum atomic E-state index is 10.5. The second-order valence-corrected chi connectivity index (χ2v) is 3.86. The summed E-state index contributed by atoms with van der Waals surface area (Å²) < 4.78 is 0. The summed E-state index contributed by atoms with van der Waals surface area (Å²) in [7, 11) is 0. The van der Waals surface area contributed by atoms with Crippen LogP contribution in [0.5, 0.6) is 0 Å². The van der Waals surface area contributed by atoms with Gasteiger partial charge in [0, 0.05) is 17.9 Å². The summed E-state index contributed by atoms with van der Waals surface area (Å²) in [4.78, 5) is 10.0. The lowest BCUT2D eigenvalue weighted by molar-refractivity contribution is -0.384. The first kappa shape index (κ1) is 13.0. The molecular weight excluding hydrogens is 230 g/mol. The molecule has 0 aromatic heterocycles. The van der Waals surface area contributed by atoms with E-state index in [-0.39, 0.29) is 11.4 Å². The van der Waals surface area contributed by atoms with E-state index in [0.717, 1.165) is 0 Å². The second-order valence-electron chi connectivity index (χ2n) is 3.49. The smallest absolute Gasteiger partial charge is 0.269 e. The molecule has 88 valence electrons. The Balaban J connectivity index is 3.03. The van der Waals surface area contributed by atoms with Crippen LogP contribution in [0.2, 0.25) is 0 Å². The molecule has 5 nitrogen and oxygen atoms in total. The number of non-ortho nitro benzene ring substituents is 1. The summed E-state index contributed by atoms with van der Waals surface area (Å²) in [6, 6.07) is 4.12. The van der Waals surface area contributed by atoms with Crippen molar-refractivity contribution < 1.29 is 15.1 Å². The zero-order valence-corrected chi connectivity index (χ0v) is 9.59. The van der Waals surface area contributed by atoms with Gasteiger partial charge in [-0.3, -0.25) is 10.1 Å². The molecule has 0 spiro atoms. The maximum Gasteiger partial charge on any atom is 0.269 e. The van der Waals surface area contributed by atoms with Gasteiger partial charge in [-0.1, -0.05) is 0 Å². The van der Waals surface area contributed by atoms with Crippen LogP contribution in [0.1, 0.15) is 17.2 Å². The third-order valence-corrected chi connectivity index (χ3v) is 2.71. The lowest BCUT2D eigenvalue weighted by Crippen LogP contribution is -2.20. The Morgan fingerprint density at radius 1 is 1.50 bits per heavy atom. The Morgan fingerprint density at radius 2 is 2.12 bits per heavy atom. The third-order valence-electron chi connectivity index (χ3n) is 2.33. The summed E-state index contributed by atoms with van der Waals surface area (Å²) in [5.74, 6) is 0.123. The number of hydrogen-bond acceptors (Lipinski definition) is 5. The lowest BCUT2D eigenvalue weighted by Gasteiger charge is -2.17. The Kier molecular flexibility index (Phi) is 4.28. The van der Waals surface area contributed by atoms with E-state index in [4.69, 9.17) is 0 Å². The van der Waals surface area contributed by atoms with Gasteiger partial charge in [-0.2, -0.15) is 12.6 Å². The van der Waals surface area contributed by atoms with Crippen LogP contribution in [0.3, 0.4) is 0 Å². The normalized spacial score (nSPS) is 14.5. The van der Waals surface area contributed by atoms with E-state index in [1.54, 1.807) is 6.92 Å². The Bertz CT molecular complexity index is 396. The number of rotatable bonds is 4.